The molecule has 4 rings (SSSR count). The zero-order valence-corrected chi connectivity index (χ0v) is 12.7. The van der Waals surface area contributed by atoms with Gasteiger partial charge in [0.05, 0.1) is 11.0 Å². The molecule has 7 nitrogen and oxygen atoms in total. The van der Waals surface area contributed by atoms with E-state index in [0.29, 0.717) is 24.0 Å². The van der Waals surface area contributed by atoms with Gasteiger partial charge in [-0.3, -0.25) is 19.2 Å². The summed E-state index contributed by atoms with van der Waals surface area (Å²) >= 11 is 0. The third kappa shape index (κ3) is 2.18. The second-order valence-corrected chi connectivity index (χ2v) is 8.08. The molecule has 0 amide bonds. The Morgan fingerprint density at radius 1 is 1.27 bits per heavy atom. The summed E-state index contributed by atoms with van der Waals surface area (Å²) in [5.41, 5.74) is 0.397. The van der Waals surface area contributed by atoms with Crippen molar-refractivity contribution in [3.05, 3.63) is 39.2 Å². The van der Waals surface area contributed by atoms with Crippen molar-refractivity contribution in [2.75, 3.05) is 26.2 Å². The molecule has 0 N–H and O–H groups in total. The second kappa shape index (κ2) is 4.83. The normalized spacial score (nSPS) is 24.3. The van der Waals surface area contributed by atoms with Crippen LogP contribution in [-0.2, 0) is 15.5 Å². The predicted molar refractivity (Wildman–Crippen MR) is 76.0 cm³/mol. The summed E-state index contributed by atoms with van der Waals surface area (Å²) in [4.78, 5) is 10.1. The highest BCUT2D eigenvalue weighted by Gasteiger charge is 2.51. The van der Waals surface area contributed by atoms with E-state index in [1.54, 1.807) is 9.34 Å². The van der Waals surface area contributed by atoms with Gasteiger partial charge in [-0.25, -0.2) is 9.34 Å². The van der Waals surface area contributed by atoms with E-state index >= 15 is 0 Å². The molecule has 9 heteroatoms. The molecule has 1 aromatic rings. The van der Waals surface area contributed by atoms with Gasteiger partial charge < -0.3 is 0 Å². The number of benzene rings is 1. The van der Waals surface area contributed by atoms with E-state index in [1.807, 2.05) is 0 Å². The maximum atomic E-state index is 14.2. The standard InChI is InChI=1S/C13H15FN3O4P/c14-13-10-2-4-12(9(10)1-3-11(13)17(18)19)21-22(20,15-5-6-15)16-7-8-16/h1,3,12H,2,4-8H2/t12-/m1/s1. The number of rotatable bonds is 5. The van der Waals surface area contributed by atoms with Crippen LogP contribution in [0.25, 0.3) is 0 Å². The number of hydrogen-bond acceptors (Lipinski definition) is 4. The Morgan fingerprint density at radius 2 is 1.91 bits per heavy atom. The highest BCUT2D eigenvalue weighted by atomic mass is 31.2. The third-order valence-corrected chi connectivity index (χ3v) is 7.04. The monoisotopic (exact) mass is 327 g/mol. The lowest BCUT2D eigenvalue weighted by atomic mass is 10.1. The van der Waals surface area contributed by atoms with Gasteiger partial charge in [-0.05, 0) is 24.5 Å². The number of nitro groups is 1. The highest BCUT2D eigenvalue weighted by Crippen LogP contribution is 2.64. The Bertz CT molecular complexity index is 689. The van der Waals surface area contributed by atoms with E-state index in [0.717, 1.165) is 32.2 Å². The van der Waals surface area contributed by atoms with E-state index in [9.17, 15) is 19.1 Å². The molecule has 1 aliphatic carbocycles. The third-order valence-electron chi connectivity index (χ3n) is 4.29. The first kappa shape index (κ1) is 14.3. The Labute approximate surface area is 126 Å². The largest absolute Gasteiger partial charge is 0.346 e. The van der Waals surface area contributed by atoms with Crippen LogP contribution in [0.4, 0.5) is 10.1 Å². The Balaban J connectivity index is 1.63. The molecule has 22 heavy (non-hydrogen) atoms. The SMILES string of the molecule is O=[N+]([O-])c1ccc2c(c1F)CC[C@H]2OP(=O)(N1CC1)N1CC1. The molecule has 0 unspecified atom stereocenters. The molecule has 2 saturated heterocycles. The fourth-order valence-corrected chi connectivity index (χ4v) is 5.30. The lowest BCUT2D eigenvalue weighted by Gasteiger charge is -2.24. The summed E-state index contributed by atoms with van der Waals surface area (Å²) in [5, 5.41) is 10.8. The number of hydrogen-bond donors (Lipinski definition) is 0. The molecule has 0 bridgehead atoms. The molecule has 0 spiro atoms. The first-order chi connectivity index (χ1) is 10.5. The predicted octanol–water partition coefficient (Wildman–Crippen LogP) is 2.48. The summed E-state index contributed by atoms with van der Waals surface area (Å²) < 4.78 is 36.7. The van der Waals surface area contributed by atoms with E-state index < -0.39 is 30.2 Å². The first-order valence-electron chi connectivity index (χ1n) is 7.25. The van der Waals surface area contributed by atoms with Crippen molar-refractivity contribution in [1.29, 1.82) is 0 Å². The maximum Gasteiger partial charge on any atom is 0.346 e. The summed E-state index contributed by atoms with van der Waals surface area (Å²) in [5.74, 6) is -0.790. The van der Waals surface area contributed by atoms with E-state index in [1.165, 1.54) is 6.07 Å². The highest BCUT2D eigenvalue weighted by molar-refractivity contribution is 7.54. The molecular weight excluding hydrogens is 312 g/mol. The smallest absolute Gasteiger partial charge is 0.298 e. The summed E-state index contributed by atoms with van der Waals surface area (Å²) in [6.07, 6.45) is 0.407. The number of halogens is 1. The van der Waals surface area contributed by atoms with Crippen LogP contribution in [0.5, 0.6) is 0 Å². The lowest BCUT2D eigenvalue weighted by molar-refractivity contribution is -0.387. The van der Waals surface area contributed by atoms with Gasteiger partial charge in [0.1, 0.15) is 0 Å². The van der Waals surface area contributed by atoms with Gasteiger partial charge in [-0.15, -0.1) is 0 Å². The van der Waals surface area contributed by atoms with Crippen LogP contribution in [-0.4, -0.2) is 40.4 Å². The molecule has 0 saturated carbocycles. The molecule has 2 aliphatic heterocycles. The van der Waals surface area contributed by atoms with Crippen molar-refractivity contribution < 1.29 is 18.4 Å². The van der Waals surface area contributed by atoms with Crippen molar-refractivity contribution in [1.82, 2.24) is 9.34 Å². The fraction of sp³-hybridized carbons (Fsp3) is 0.538. The van der Waals surface area contributed by atoms with Gasteiger partial charge in [0, 0.05) is 37.8 Å². The summed E-state index contributed by atoms with van der Waals surface area (Å²) in [7, 11) is -2.98. The minimum absolute atomic E-state index is 0.322. The van der Waals surface area contributed by atoms with Crippen LogP contribution in [0.2, 0.25) is 0 Å². The molecule has 2 heterocycles. The molecule has 1 atom stereocenters. The van der Waals surface area contributed by atoms with Crippen LogP contribution in [0.1, 0.15) is 23.7 Å². The van der Waals surface area contributed by atoms with Gasteiger partial charge in [0.2, 0.25) is 5.82 Å². The quantitative estimate of drug-likeness (QED) is 0.358. The molecular formula is C13H15FN3O4P. The zero-order chi connectivity index (χ0) is 15.5. The van der Waals surface area contributed by atoms with Crippen LogP contribution in [0.15, 0.2) is 12.1 Å². The van der Waals surface area contributed by atoms with Gasteiger partial charge in [0.25, 0.3) is 0 Å². The lowest BCUT2D eigenvalue weighted by Crippen LogP contribution is -2.11. The molecule has 0 radical (unpaired) electrons. The Morgan fingerprint density at radius 3 is 2.45 bits per heavy atom. The minimum Gasteiger partial charge on any atom is -0.298 e. The maximum absolute atomic E-state index is 14.2. The van der Waals surface area contributed by atoms with Crippen molar-refractivity contribution in [3.63, 3.8) is 0 Å². The van der Waals surface area contributed by atoms with Crippen LogP contribution in [0, 0.1) is 15.9 Å². The van der Waals surface area contributed by atoms with Crippen LogP contribution < -0.4 is 0 Å². The molecule has 2 fully saturated rings. The van der Waals surface area contributed by atoms with E-state index in [4.69, 9.17) is 4.52 Å². The number of nitrogens with zero attached hydrogens (tertiary/aromatic N) is 3. The molecule has 1 aromatic carbocycles. The van der Waals surface area contributed by atoms with Crippen molar-refractivity contribution in [2.45, 2.75) is 18.9 Å². The van der Waals surface area contributed by atoms with E-state index in [2.05, 4.69) is 0 Å². The van der Waals surface area contributed by atoms with Crippen molar-refractivity contribution in [3.8, 4) is 0 Å². The fourth-order valence-electron chi connectivity index (χ4n) is 2.93. The minimum atomic E-state index is -2.98. The molecule has 0 aromatic heterocycles. The van der Waals surface area contributed by atoms with E-state index in [-0.39, 0.29) is 0 Å². The van der Waals surface area contributed by atoms with Crippen LogP contribution >= 0.6 is 7.67 Å². The van der Waals surface area contributed by atoms with Crippen molar-refractivity contribution >= 4 is 13.4 Å². The number of nitro benzene ring substituents is 1. The molecule has 118 valence electrons. The van der Waals surface area contributed by atoms with Gasteiger partial charge in [-0.1, -0.05) is 0 Å². The average molecular weight is 327 g/mol. The van der Waals surface area contributed by atoms with Gasteiger partial charge >= 0.3 is 13.4 Å². The summed E-state index contributed by atoms with van der Waals surface area (Å²) in [6.45, 7) is 3.01. The second-order valence-electron chi connectivity index (χ2n) is 5.75. The number of fused-ring (bicyclic) bond motifs is 1. The Kier molecular flexibility index (Phi) is 3.13. The summed E-state index contributed by atoms with van der Waals surface area (Å²) in [6, 6.07) is 2.69. The van der Waals surface area contributed by atoms with Gasteiger partial charge in [0.15, 0.2) is 0 Å². The zero-order valence-electron chi connectivity index (χ0n) is 11.8. The topological polar surface area (TPSA) is 75.5 Å². The average Bonchev–Trinajstić information content (AvgIpc) is 3.36. The van der Waals surface area contributed by atoms with Gasteiger partial charge in [-0.2, -0.15) is 4.39 Å². The van der Waals surface area contributed by atoms with Crippen molar-refractivity contribution in [2.24, 2.45) is 0 Å². The van der Waals surface area contributed by atoms with Crippen LogP contribution in [0.3, 0.4) is 0 Å². The Hall–Kier alpha value is -1.34. The first-order valence-corrected chi connectivity index (χ1v) is 8.78. The molecule has 3 aliphatic rings.